The number of aryl methyl sites for hydroxylation is 2. The summed E-state index contributed by atoms with van der Waals surface area (Å²) in [6, 6.07) is 5.65. The van der Waals surface area contributed by atoms with E-state index < -0.39 is 33.7 Å². The third-order valence-corrected chi connectivity index (χ3v) is 6.32. The number of amides is 1. The number of carbonyl (C=O) groups is 1. The van der Waals surface area contributed by atoms with Gasteiger partial charge in [-0.3, -0.25) is 4.79 Å². The molecule has 0 unspecified atom stereocenters. The molecule has 9 nitrogen and oxygen atoms in total. The number of nitriles is 1. The highest BCUT2D eigenvalue weighted by Crippen LogP contribution is 2.33. The third kappa shape index (κ3) is 5.34. The SMILES string of the molecule is Cc1ccc(NC(=O)c2c3c(cn2C)S(=O)(=O)N[C@H]([C@@H](O)C#CC(C)(C)F)CO3)cc1C#N. The number of fused-ring (bicyclic) bond motifs is 1. The molecule has 0 bridgehead atoms. The van der Waals surface area contributed by atoms with Gasteiger partial charge in [-0.25, -0.2) is 17.5 Å². The monoisotopic (exact) mass is 474 g/mol. The van der Waals surface area contributed by atoms with Crippen LogP contribution in [0, 0.1) is 30.1 Å². The minimum atomic E-state index is -4.19. The van der Waals surface area contributed by atoms with Gasteiger partial charge < -0.3 is 19.7 Å². The van der Waals surface area contributed by atoms with E-state index in [4.69, 9.17) is 4.74 Å². The Labute approximate surface area is 191 Å². The second kappa shape index (κ2) is 8.87. The summed E-state index contributed by atoms with van der Waals surface area (Å²) >= 11 is 0. The maximum Gasteiger partial charge on any atom is 0.276 e. The first-order valence-electron chi connectivity index (χ1n) is 9.88. The van der Waals surface area contributed by atoms with Gasteiger partial charge in [0.1, 0.15) is 17.6 Å². The molecule has 0 saturated heterocycles. The summed E-state index contributed by atoms with van der Waals surface area (Å²) in [5.41, 5.74) is -0.462. The predicted molar refractivity (Wildman–Crippen MR) is 118 cm³/mol. The Kier molecular flexibility index (Phi) is 6.52. The molecule has 3 N–H and O–H groups in total. The van der Waals surface area contributed by atoms with Crippen LogP contribution < -0.4 is 14.8 Å². The molecule has 0 radical (unpaired) electrons. The molecule has 2 aromatic rings. The molecule has 1 aliphatic heterocycles. The average Bonchev–Trinajstić information content (AvgIpc) is 3.00. The number of nitrogens with one attached hydrogen (secondary N) is 2. The summed E-state index contributed by atoms with van der Waals surface area (Å²) in [7, 11) is -2.71. The van der Waals surface area contributed by atoms with Crippen LogP contribution in [0.2, 0.25) is 0 Å². The van der Waals surface area contributed by atoms with E-state index in [1.807, 2.05) is 6.07 Å². The number of hydrogen-bond acceptors (Lipinski definition) is 6. The van der Waals surface area contributed by atoms with Gasteiger partial charge in [-0.05, 0) is 38.5 Å². The summed E-state index contributed by atoms with van der Waals surface area (Å²) < 4.78 is 48.6. The Balaban J connectivity index is 1.92. The van der Waals surface area contributed by atoms with Crippen molar-refractivity contribution in [2.75, 3.05) is 11.9 Å². The van der Waals surface area contributed by atoms with Crippen LogP contribution in [0.4, 0.5) is 10.1 Å². The van der Waals surface area contributed by atoms with Crippen LogP contribution in [-0.2, 0) is 17.1 Å². The lowest BCUT2D eigenvalue weighted by Gasteiger charge is -2.18. The first kappa shape index (κ1) is 24.3. The average molecular weight is 475 g/mol. The molecule has 33 heavy (non-hydrogen) atoms. The van der Waals surface area contributed by atoms with Gasteiger partial charge in [0.15, 0.2) is 17.1 Å². The molecule has 174 valence electrons. The van der Waals surface area contributed by atoms with Crippen LogP contribution in [0.3, 0.4) is 0 Å². The minimum Gasteiger partial charge on any atom is -0.488 e. The number of aromatic nitrogens is 1. The van der Waals surface area contributed by atoms with Crippen molar-refractivity contribution in [2.45, 2.75) is 43.5 Å². The Hall–Kier alpha value is -3.38. The zero-order chi connectivity index (χ0) is 24.6. The van der Waals surface area contributed by atoms with Crippen molar-refractivity contribution in [3.8, 4) is 23.7 Å². The molecule has 2 heterocycles. The van der Waals surface area contributed by atoms with E-state index in [9.17, 15) is 28.0 Å². The Morgan fingerprint density at radius 2 is 2.15 bits per heavy atom. The highest BCUT2D eigenvalue weighted by Gasteiger charge is 2.36. The number of alkyl halides is 1. The number of ether oxygens (including phenoxy) is 1. The summed E-state index contributed by atoms with van der Waals surface area (Å²) in [6.07, 6.45) is -0.324. The number of aliphatic hydroxyl groups is 1. The Morgan fingerprint density at radius 3 is 2.79 bits per heavy atom. The lowest BCUT2D eigenvalue weighted by molar-refractivity contribution is 0.101. The van der Waals surface area contributed by atoms with Gasteiger partial charge in [0.2, 0.25) is 10.0 Å². The Morgan fingerprint density at radius 1 is 1.45 bits per heavy atom. The number of nitrogens with zero attached hydrogens (tertiary/aromatic N) is 2. The van der Waals surface area contributed by atoms with E-state index >= 15 is 0 Å². The smallest absolute Gasteiger partial charge is 0.276 e. The molecule has 1 amide bonds. The molecule has 0 fully saturated rings. The van der Waals surface area contributed by atoms with Crippen molar-refractivity contribution < 1.29 is 27.4 Å². The zero-order valence-corrected chi connectivity index (χ0v) is 19.2. The normalized spacial score (nSPS) is 17.9. The molecule has 1 aliphatic rings. The quantitative estimate of drug-likeness (QED) is 0.579. The van der Waals surface area contributed by atoms with Gasteiger partial charge >= 0.3 is 0 Å². The summed E-state index contributed by atoms with van der Waals surface area (Å²) in [4.78, 5) is 12.7. The number of halogens is 1. The minimum absolute atomic E-state index is 0.0689. The van der Waals surface area contributed by atoms with Gasteiger partial charge in [0, 0.05) is 18.9 Å². The summed E-state index contributed by atoms with van der Waals surface area (Å²) in [5, 5.41) is 22.1. The van der Waals surface area contributed by atoms with Crippen molar-refractivity contribution in [1.82, 2.24) is 9.29 Å². The molecule has 0 aliphatic carbocycles. The van der Waals surface area contributed by atoms with Crippen LogP contribution in [0.25, 0.3) is 0 Å². The lowest BCUT2D eigenvalue weighted by Crippen LogP contribution is -2.45. The van der Waals surface area contributed by atoms with Crippen LogP contribution in [0.1, 0.15) is 35.5 Å². The molecular weight excluding hydrogens is 451 g/mol. The number of rotatable bonds is 3. The van der Waals surface area contributed by atoms with E-state index in [0.717, 1.165) is 5.56 Å². The third-order valence-electron chi connectivity index (χ3n) is 4.84. The second-order valence-corrected chi connectivity index (χ2v) is 9.79. The van der Waals surface area contributed by atoms with E-state index in [0.29, 0.717) is 11.3 Å². The fraction of sp³-hybridized carbons (Fsp3) is 0.364. The number of hydrogen-bond donors (Lipinski definition) is 3. The van der Waals surface area contributed by atoms with Crippen molar-refractivity contribution in [1.29, 1.82) is 5.26 Å². The number of anilines is 1. The zero-order valence-electron chi connectivity index (χ0n) is 18.4. The number of carbonyl (C=O) groups excluding carboxylic acids is 1. The summed E-state index contributed by atoms with van der Waals surface area (Å²) in [5.74, 6) is 3.65. The van der Waals surface area contributed by atoms with E-state index in [1.165, 1.54) is 37.7 Å². The number of aliphatic hydroxyl groups excluding tert-OH is 1. The van der Waals surface area contributed by atoms with Crippen molar-refractivity contribution in [3.05, 3.63) is 41.2 Å². The lowest BCUT2D eigenvalue weighted by atomic mass is 10.1. The van der Waals surface area contributed by atoms with Gasteiger partial charge in [0.05, 0.1) is 17.7 Å². The highest BCUT2D eigenvalue weighted by molar-refractivity contribution is 7.89. The van der Waals surface area contributed by atoms with E-state index in [1.54, 1.807) is 19.1 Å². The van der Waals surface area contributed by atoms with Crippen LogP contribution in [0.5, 0.6) is 5.75 Å². The van der Waals surface area contributed by atoms with Crippen LogP contribution in [-0.4, -0.2) is 48.4 Å². The van der Waals surface area contributed by atoms with Crippen LogP contribution in [0.15, 0.2) is 29.3 Å². The second-order valence-electron chi connectivity index (χ2n) is 8.10. The fourth-order valence-corrected chi connectivity index (χ4v) is 4.57. The van der Waals surface area contributed by atoms with E-state index in [-0.39, 0.29) is 22.9 Å². The molecule has 3 rings (SSSR count). The van der Waals surface area contributed by atoms with Gasteiger partial charge in [-0.2, -0.15) is 5.26 Å². The van der Waals surface area contributed by atoms with E-state index in [2.05, 4.69) is 21.9 Å². The van der Waals surface area contributed by atoms with Crippen molar-refractivity contribution >= 4 is 21.6 Å². The van der Waals surface area contributed by atoms with Gasteiger partial charge in [-0.15, -0.1) is 0 Å². The molecule has 11 heteroatoms. The molecule has 0 spiro atoms. The highest BCUT2D eigenvalue weighted by atomic mass is 32.2. The predicted octanol–water partition coefficient (Wildman–Crippen LogP) is 1.61. The maximum atomic E-state index is 13.6. The number of sulfonamides is 1. The van der Waals surface area contributed by atoms with Crippen molar-refractivity contribution in [3.63, 3.8) is 0 Å². The molecule has 2 atom stereocenters. The number of benzene rings is 1. The topological polar surface area (TPSA) is 133 Å². The Bertz CT molecular complexity index is 1310. The molecule has 1 aromatic carbocycles. The summed E-state index contributed by atoms with van der Waals surface area (Å²) in [6.45, 7) is 3.82. The largest absolute Gasteiger partial charge is 0.488 e. The molecule has 0 saturated carbocycles. The maximum absolute atomic E-state index is 13.6. The van der Waals surface area contributed by atoms with Gasteiger partial charge in [0.25, 0.3) is 5.91 Å². The first-order valence-corrected chi connectivity index (χ1v) is 11.4. The molecule has 1 aromatic heterocycles. The van der Waals surface area contributed by atoms with Crippen LogP contribution >= 0.6 is 0 Å². The fourth-order valence-electron chi connectivity index (χ4n) is 3.15. The van der Waals surface area contributed by atoms with Crippen molar-refractivity contribution in [2.24, 2.45) is 7.05 Å². The van der Waals surface area contributed by atoms with Gasteiger partial charge in [-0.1, -0.05) is 17.9 Å². The first-order chi connectivity index (χ1) is 15.3. The standard InChI is InChI=1S/C22H23FN4O5S/c1-13-5-6-15(9-14(13)10-24)25-21(29)19-20-18(11-27(19)4)33(30,31)26-16(12-32-20)17(28)7-8-22(2,3)23/h5-6,9,11,16-17,26,28H,12H2,1-4H3,(H,25,29)/t16-,17-/m0/s1. The molecular formula is C22H23FN4O5S.